The Morgan fingerprint density at radius 2 is 1.84 bits per heavy atom. The molecule has 9 nitrogen and oxygen atoms in total. The van der Waals surface area contributed by atoms with Crippen molar-refractivity contribution in [3.63, 3.8) is 0 Å². The molecule has 0 saturated carbocycles. The van der Waals surface area contributed by atoms with Crippen LogP contribution >= 0.6 is 0 Å². The van der Waals surface area contributed by atoms with Crippen molar-refractivity contribution >= 4 is 28.1 Å². The molecule has 0 aliphatic carbocycles. The van der Waals surface area contributed by atoms with Crippen LogP contribution in [0.4, 0.5) is 15.8 Å². The Labute approximate surface area is 263 Å². The van der Waals surface area contributed by atoms with Crippen molar-refractivity contribution in [2.45, 2.75) is 51.3 Å². The number of anilines is 2. The van der Waals surface area contributed by atoms with E-state index in [0.717, 1.165) is 55.1 Å². The van der Waals surface area contributed by atoms with Gasteiger partial charge in [-0.2, -0.15) is 10.5 Å². The SMILES string of the molecule is C=C(F)C(=O)N1CCN(c2c(C#N)c(OC3CCN(C)CC3)nc3c2CCN(c2cccc4cccc(C)c24)C3)CC1CC#N. The third-order valence-corrected chi connectivity index (χ3v) is 9.40. The molecule has 3 aromatic rings. The van der Waals surface area contributed by atoms with Crippen LogP contribution in [-0.4, -0.2) is 79.2 Å². The topological polar surface area (TPSA) is 99.7 Å². The summed E-state index contributed by atoms with van der Waals surface area (Å²) in [6, 6.07) is 16.7. The van der Waals surface area contributed by atoms with Crippen molar-refractivity contribution in [3.05, 3.63) is 71.2 Å². The van der Waals surface area contributed by atoms with Crippen molar-refractivity contribution in [1.29, 1.82) is 10.5 Å². The summed E-state index contributed by atoms with van der Waals surface area (Å²) in [5, 5.41) is 22.5. The third kappa shape index (κ3) is 5.91. The number of piperidine rings is 1. The molecule has 10 heteroatoms. The minimum absolute atomic E-state index is 0.0395. The van der Waals surface area contributed by atoms with Crippen molar-refractivity contribution in [3.8, 4) is 18.0 Å². The number of piperazine rings is 1. The van der Waals surface area contributed by atoms with Gasteiger partial charge in [0.25, 0.3) is 5.91 Å². The lowest BCUT2D eigenvalue weighted by Gasteiger charge is -2.43. The van der Waals surface area contributed by atoms with E-state index in [1.54, 1.807) is 0 Å². The molecule has 0 radical (unpaired) electrons. The number of pyridine rings is 1. The maximum Gasteiger partial charge on any atom is 0.282 e. The second-order valence-electron chi connectivity index (χ2n) is 12.3. The average molecular weight is 608 g/mol. The first-order chi connectivity index (χ1) is 21.8. The first-order valence-electron chi connectivity index (χ1n) is 15.6. The molecule has 0 bridgehead atoms. The highest BCUT2D eigenvalue weighted by Crippen LogP contribution is 2.40. The monoisotopic (exact) mass is 607 g/mol. The van der Waals surface area contributed by atoms with Gasteiger partial charge >= 0.3 is 0 Å². The van der Waals surface area contributed by atoms with Crippen LogP contribution in [0.2, 0.25) is 0 Å². The number of fused-ring (bicyclic) bond motifs is 2. The summed E-state index contributed by atoms with van der Waals surface area (Å²) >= 11 is 0. The van der Waals surface area contributed by atoms with Gasteiger partial charge in [0, 0.05) is 55.9 Å². The van der Waals surface area contributed by atoms with Gasteiger partial charge < -0.3 is 24.3 Å². The third-order valence-electron chi connectivity index (χ3n) is 9.40. The molecule has 1 amide bonds. The van der Waals surface area contributed by atoms with Gasteiger partial charge in [0.05, 0.1) is 36.5 Å². The van der Waals surface area contributed by atoms with Crippen LogP contribution in [0.25, 0.3) is 10.8 Å². The highest BCUT2D eigenvalue weighted by molar-refractivity contribution is 5.97. The summed E-state index contributed by atoms with van der Waals surface area (Å²) in [5.41, 5.74) is 5.34. The highest BCUT2D eigenvalue weighted by atomic mass is 19.1. The van der Waals surface area contributed by atoms with Crippen LogP contribution in [-0.2, 0) is 17.8 Å². The predicted molar refractivity (Wildman–Crippen MR) is 172 cm³/mol. The maximum absolute atomic E-state index is 13.9. The molecule has 0 N–H and O–H groups in total. The Bertz CT molecular complexity index is 1710. The zero-order valence-electron chi connectivity index (χ0n) is 25.9. The zero-order chi connectivity index (χ0) is 31.7. The largest absolute Gasteiger partial charge is 0.473 e. The fourth-order valence-corrected chi connectivity index (χ4v) is 7.07. The van der Waals surface area contributed by atoms with Crippen molar-refractivity contribution < 1.29 is 13.9 Å². The zero-order valence-corrected chi connectivity index (χ0v) is 25.9. The number of aromatic nitrogens is 1. The number of benzene rings is 2. The van der Waals surface area contributed by atoms with Gasteiger partial charge in [-0.25, -0.2) is 9.37 Å². The van der Waals surface area contributed by atoms with Gasteiger partial charge in [-0.3, -0.25) is 4.79 Å². The van der Waals surface area contributed by atoms with Gasteiger partial charge in [-0.05, 0) is 50.2 Å². The molecule has 4 heterocycles. The minimum Gasteiger partial charge on any atom is -0.473 e. The van der Waals surface area contributed by atoms with Crippen LogP contribution < -0.4 is 14.5 Å². The van der Waals surface area contributed by atoms with E-state index in [4.69, 9.17) is 9.72 Å². The number of nitriles is 2. The fourth-order valence-electron chi connectivity index (χ4n) is 7.07. The van der Waals surface area contributed by atoms with E-state index in [0.29, 0.717) is 31.0 Å². The average Bonchev–Trinajstić information content (AvgIpc) is 3.04. The normalized spacial score (nSPS) is 19.1. The van der Waals surface area contributed by atoms with Crippen LogP contribution in [0, 0.1) is 29.6 Å². The number of amides is 1. The molecule has 6 rings (SSSR count). The van der Waals surface area contributed by atoms with E-state index in [1.165, 1.54) is 21.2 Å². The highest BCUT2D eigenvalue weighted by Gasteiger charge is 2.36. The molecule has 1 atom stereocenters. The second-order valence-corrected chi connectivity index (χ2v) is 12.3. The van der Waals surface area contributed by atoms with Crippen LogP contribution in [0.1, 0.15) is 41.6 Å². The standard InChI is InChI=1S/C35H38FN7O2/c1-23-6-4-7-25-8-5-9-31(32(23)25)41-17-13-28-30(22-41)39-34(45-27-11-15-40(3)16-12-27)29(20-38)33(28)42-18-19-43(35(44)24(2)36)26(21-42)10-14-37/h4-9,26-27H,2,10-13,15-19,21-22H2,1,3H3. The van der Waals surface area contributed by atoms with Crippen LogP contribution in [0.3, 0.4) is 0 Å². The lowest BCUT2D eigenvalue weighted by molar-refractivity contribution is -0.131. The van der Waals surface area contributed by atoms with E-state index < -0.39 is 17.8 Å². The van der Waals surface area contributed by atoms with E-state index in [1.807, 2.05) is 0 Å². The molecular formula is C35H38FN7O2. The fraction of sp³-hybridized carbons (Fsp3) is 0.429. The van der Waals surface area contributed by atoms with Gasteiger partial charge in [0.15, 0.2) is 5.83 Å². The van der Waals surface area contributed by atoms with Crippen molar-refractivity contribution in [1.82, 2.24) is 14.8 Å². The molecule has 2 fully saturated rings. The number of hydrogen-bond acceptors (Lipinski definition) is 8. The van der Waals surface area contributed by atoms with E-state index in [9.17, 15) is 19.7 Å². The molecule has 2 aromatic carbocycles. The van der Waals surface area contributed by atoms with Gasteiger partial charge in [0.1, 0.15) is 17.7 Å². The Morgan fingerprint density at radius 1 is 1.09 bits per heavy atom. The summed E-state index contributed by atoms with van der Waals surface area (Å²) in [6.07, 6.45) is 2.33. The molecule has 1 unspecified atom stereocenters. The van der Waals surface area contributed by atoms with Crippen molar-refractivity contribution in [2.24, 2.45) is 0 Å². The lowest BCUT2D eigenvalue weighted by atomic mass is 9.95. The van der Waals surface area contributed by atoms with E-state index in [2.05, 4.69) is 83.8 Å². The Balaban J connectivity index is 1.41. The quantitative estimate of drug-likeness (QED) is 0.366. The number of rotatable bonds is 6. The molecule has 232 valence electrons. The van der Waals surface area contributed by atoms with Crippen molar-refractivity contribution in [2.75, 3.05) is 56.1 Å². The molecule has 45 heavy (non-hydrogen) atoms. The predicted octanol–water partition coefficient (Wildman–Crippen LogP) is 4.86. The number of carbonyl (C=O) groups is 1. The molecule has 3 aliphatic rings. The van der Waals surface area contributed by atoms with Crippen LogP contribution in [0.5, 0.6) is 5.88 Å². The summed E-state index contributed by atoms with van der Waals surface area (Å²) in [5.74, 6) is -1.49. The van der Waals surface area contributed by atoms with E-state index >= 15 is 0 Å². The summed E-state index contributed by atoms with van der Waals surface area (Å²) in [7, 11) is 2.09. The molecule has 3 aliphatic heterocycles. The number of likely N-dealkylation sites (tertiary alicyclic amines) is 1. The van der Waals surface area contributed by atoms with Gasteiger partial charge in [-0.15, -0.1) is 0 Å². The van der Waals surface area contributed by atoms with Crippen LogP contribution in [0.15, 0.2) is 48.8 Å². The maximum atomic E-state index is 13.9. The number of hydrogen-bond donors (Lipinski definition) is 0. The summed E-state index contributed by atoms with van der Waals surface area (Å²) in [6.45, 7) is 9.29. The molecule has 1 aromatic heterocycles. The molecule has 0 spiro atoms. The number of aryl methyl sites for hydroxylation is 1. The Hall–Kier alpha value is -4.67. The first kappa shape index (κ1) is 30.4. The van der Waals surface area contributed by atoms with E-state index in [-0.39, 0.29) is 25.6 Å². The van der Waals surface area contributed by atoms with Gasteiger partial charge in [-0.1, -0.05) is 36.9 Å². The smallest absolute Gasteiger partial charge is 0.282 e. The number of ether oxygens (including phenoxy) is 1. The lowest BCUT2D eigenvalue weighted by Crippen LogP contribution is -2.55. The first-order valence-corrected chi connectivity index (χ1v) is 15.6. The minimum atomic E-state index is -1.04. The number of halogens is 1. The summed E-state index contributed by atoms with van der Waals surface area (Å²) in [4.78, 5) is 25.7. The number of nitrogens with zero attached hydrogens (tertiary/aromatic N) is 7. The van der Waals surface area contributed by atoms with Gasteiger partial charge in [0.2, 0.25) is 5.88 Å². The number of carbonyl (C=O) groups excluding carboxylic acids is 1. The Kier molecular flexibility index (Phi) is 8.60. The second kappa shape index (κ2) is 12.7. The summed E-state index contributed by atoms with van der Waals surface area (Å²) < 4.78 is 20.4. The Morgan fingerprint density at radius 3 is 2.56 bits per heavy atom. The molecule has 2 saturated heterocycles. The molecular weight excluding hydrogens is 569 g/mol.